The van der Waals surface area contributed by atoms with Gasteiger partial charge in [-0.1, -0.05) is 18.2 Å². The number of aliphatic hydroxyl groups excluding tert-OH is 1. The lowest BCUT2D eigenvalue weighted by Gasteiger charge is -2.17. The van der Waals surface area contributed by atoms with Gasteiger partial charge >= 0.3 is 0 Å². The van der Waals surface area contributed by atoms with E-state index in [4.69, 9.17) is 4.74 Å². The van der Waals surface area contributed by atoms with Crippen molar-refractivity contribution >= 4 is 0 Å². The summed E-state index contributed by atoms with van der Waals surface area (Å²) in [7, 11) is 1.98. The molecule has 0 saturated carbocycles. The van der Waals surface area contributed by atoms with Crippen LogP contribution in [0.2, 0.25) is 0 Å². The van der Waals surface area contributed by atoms with Gasteiger partial charge in [-0.15, -0.1) is 0 Å². The Kier molecular flexibility index (Phi) is 3.71. The molecule has 1 saturated heterocycles. The summed E-state index contributed by atoms with van der Waals surface area (Å²) in [5, 5.41) is 10.1. The second kappa shape index (κ2) is 5.64. The van der Waals surface area contributed by atoms with Crippen molar-refractivity contribution in [2.45, 2.75) is 18.8 Å². The van der Waals surface area contributed by atoms with Gasteiger partial charge in [0, 0.05) is 32.9 Å². The van der Waals surface area contributed by atoms with Crippen LogP contribution in [0.1, 0.15) is 5.69 Å². The van der Waals surface area contributed by atoms with E-state index in [0.717, 1.165) is 24.5 Å². The molecule has 20 heavy (non-hydrogen) atoms. The highest BCUT2D eigenvalue weighted by Gasteiger charge is 2.33. The van der Waals surface area contributed by atoms with Crippen LogP contribution in [0, 0.1) is 0 Å². The summed E-state index contributed by atoms with van der Waals surface area (Å²) in [4.78, 5) is 6.30. The fraction of sp³-hybridized carbons (Fsp3) is 0.400. The predicted octanol–water partition coefficient (Wildman–Crippen LogP) is 1.04. The van der Waals surface area contributed by atoms with E-state index in [2.05, 4.69) is 9.88 Å². The number of β-amino-alcohol motifs (C(OH)–C–C–N with tert-alkyl or cyclic N) is 1. The number of rotatable bonds is 4. The third-order valence-electron chi connectivity index (χ3n) is 3.65. The second-order valence-corrected chi connectivity index (χ2v) is 5.23. The third-order valence-corrected chi connectivity index (χ3v) is 3.65. The molecular weight excluding hydrogens is 254 g/mol. The van der Waals surface area contributed by atoms with E-state index in [0.29, 0.717) is 6.54 Å². The minimum Gasteiger partial charge on any atom is -0.486 e. The maximum Gasteiger partial charge on any atom is 0.138 e. The van der Waals surface area contributed by atoms with Crippen molar-refractivity contribution in [1.82, 2.24) is 14.5 Å². The number of hydrogen-bond donors (Lipinski definition) is 1. The van der Waals surface area contributed by atoms with Gasteiger partial charge in [0.05, 0.1) is 12.0 Å². The summed E-state index contributed by atoms with van der Waals surface area (Å²) in [5.41, 5.74) is 1.14. The topological polar surface area (TPSA) is 50.5 Å². The molecule has 0 spiro atoms. The van der Waals surface area contributed by atoms with E-state index in [1.165, 1.54) is 0 Å². The van der Waals surface area contributed by atoms with Gasteiger partial charge in [-0.05, 0) is 12.1 Å². The van der Waals surface area contributed by atoms with Crippen molar-refractivity contribution in [2.75, 3.05) is 13.1 Å². The first-order valence-electron chi connectivity index (χ1n) is 6.79. The number of likely N-dealkylation sites (tertiary alicyclic amines) is 1. The molecular formula is C15H19N3O2. The van der Waals surface area contributed by atoms with Crippen molar-refractivity contribution in [3.63, 3.8) is 0 Å². The Morgan fingerprint density at radius 2 is 2.10 bits per heavy atom. The summed E-state index contributed by atoms with van der Waals surface area (Å²) in [6.45, 7) is 2.13. The number of aromatic nitrogens is 2. The van der Waals surface area contributed by atoms with Gasteiger partial charge in [0.15, 0.2) is 0 Å². The van der Waals surface area contributed by atoms with Crippen LogP contribution < -0.4 is 4.74 Å². The second-order valence-electron chi connectivity index (χ2n) is 5.23. The lowest BCUT2D eigenvalue weighted by Crippen LogP contribution is -2.29. The molecule has 1 aliphatic rings. The van der Waals surface area contributed by atoms with Crippen LogP contribution in [0.25, 0.3) is 0 Å². The summed E-state index contributed by atoms with van der Waals surface area (Å²) < 4.78 is 7.85. The molecule has 5 nitrogen and oxygen atoms in total. The molecule has 0 aliphatic carbocycles. The Bertz CT molecular complexity index is 555. The van der Waals surface area contributed by atoms with Crippen LogP contribution in [0.4, 0.5) is 0 Å². The molecule has 0 amide bonds. The van der Waals surface area contributed by atoms with Crippen molar-refractivity contribution in [3.8, 4) is 5.75 Å². The van der Waals surface area contributed by atoms with Crippen molar-refractivity contribution in [2.24, 2.45) is 7.05 Å². The fourth-order valence-corrected chi connectivity index (χ4v) is 2.52. The number of para-hydroxylation sites is 1. The van der Waals surface area contributed by atoms with Crippen LogP contribution in [0.3, 0.4) is 0 Å². The van der Waals surface area contributed by atoms with Crippen LogP contribution >= 0.6 is 0 Å². The van der Waals surface area contributed by atoms with E-state index in [1.54, 1.807) is 6.33 Å². The zero-order valence-electron chi connectivity index (χ0n) is 11.5. The molecule has 1 N–H and O–H groups in total. The monoisotopic (exact) mass is 273 g/mol. The van der Waals surface area contributed by atoms with Crippen molar-refractivity contribution in [3.05, 3.63) is 48.5 Å². The fourth-order valence-electron chi connectivity index (χ4n) is 2.52. The van der Waals surface area contributed by atoms with E-state index in [-0.39, 0.29) is 6.10 Å². The number of ether oxygens (including phenoxy) is 1. The highest BCUT2D eigenvalue weighted by molar-refractivity contribution is 5.21. The van der Waals surface area contributed by atoms with Gasteiger partial charge in [0.2, 0.25) is 0 Å². The first kappa shape index (κ1) is 13.1. The van der Waals surface area contributed by atoms with Gasteiger partial charge in [-0.25, -0.2) is 4.98 Å². The van der Waals surface area contributed by atoms with Gasteiger partial charge in [0.1, 0.15) is 18.0 Å². The summed E-state index contributed by atoms with van der Waals surface area (Å²) in [6, 6.07) is 9.65. The molecule has 1 fully saturated rings. The SMILES string of the molecule is Cn1cncc1CN1C[C@@H](O)[C@H](Oc2ccccc2)C1. The molecule has 2 atom stereocenters. The molecule has 3 rings (SSSR count). The van der Waals surface area contributed by atoms with E-state index >= 15 is 0 Å². The molecule has 106 valence electrons. The lowest BCUT2D eigenvalue weighted by molar-refractivity contribution is 0.0737. The number of benzene rings is 1. The Hall–Kier alpha value is -1.85. The van der Waals surface area contributed by atoms with Crippen LogP contribution in [-0.2, 0) is 13.6 Å². The minimum absolute atomic E-state index is 0.175. The number of imidazole rings is 1. The smallest absolute Gasteiger partial charge is 0.138 e. The van der Waals surface area contributed by atoms with Gasteiger partial charge in [0.25, 0.3) is 0 Å². The summed E-state index contributed by atoms with van der Waals surface area (Å²) >= 11 is 0. The molecule has 1 aliphatic heterocycles. The molecule has 1 aromatic heterocycles. The quantitative estimate of drug-likeness (QED) is 0.904. The lowest BCUT2D eigenvalue weighted by atomic mass is 10.2. The summed E-state index contributed by atoms with van der Waals surface area (Å²) in [5.74, 6) is 0.805. The standard InChI is InChI=1S/C15H19N3O2/c1-17-11-16-7-12(17)8-18-9-14(19)15(10-18)20-13-5-3-2-4-6-13/h2-7,11,14-15,19H,8-10H2,1H3/t14-,15-/m1/s1. The third kappa shape index (κ3) is 2.84. The number of hydrogen-bond acceptors (Lipinski definition) is 4. The maximum absolute atomic E-state index is 10.1. The van der Waals surface area contributed by atoms with Gasteiger partial charge in [-0.3, -0.25) is 4.90 Å². The summed E-state index contributed by atoms with van der Waals surface area (Å²) in [6.07, 6.45) is 3.02. The molecule has 0 radical (unpaired) electrons. The van der Waals surface area contributed by atoms with Crippen LogP contribution in [-0.4, -0.2) is 44.9 Å². The van der Waals surface area contributed by atoms with Crippen molar-refractivity contribution < 1.29 is 9.84 Å². The number of aryl methyl sites for hydroxylation is 1. The Labute approximate surface area is 118 Å². The predicted molar refractivity (Wildman–Crippen MR) is 75.3 cm³/mol. The molecule has 0 bridgehead atoms. The highest BCUT2D eigenvalue weighted by Crippen LogP contribution is 2.19. The highest BCUT2D eigenvalue weighted by atomic mass is 16.5. The van der Waals surface area contributed by atoms with Gasteiger partial charge < -0.3 is 14.4 Å². The van der Waals surface area contributed by atoms with Gasteiger partial charge in [-0.2, -0.15) is 0 Å². The first-order chi connectivity index (χ1) is 9.72. The first-order valence-corrected chi connectivity index (χ1v) is 6.79. The average Bonchev–Trinajstić information content (AvgIpc) is 2.99. The molecule has 1 aromatic carbocycles. The molecule has 5 heteroatoms. The molecule has 0 unspecified atom stereocenters. The number of nitrogens with zero attached hydrogens (tertiary/aromatic N) is 3. The average molecular weight is 273 g/mol. The largest absolute Gasteiger partial charge is 0.486 e. The maximum atomic E-state index is 10.1. The zero-order valence-corrected chi connectivity index (χ0v) is 11.5. The zero-order chi connectivity index (χ0) is 13.9. The Morgan fingerprint density at radius 1 is 1.30 bits per heavy atom. The van der Waals surface area contributed by atoms with Crippen molar-refractivity contribution in [1.29, 1.82) is 0 Å². The Balaban J connectivity index is 1.61. The Morgan fingerprint density at radius 3 is 2.80 bits per heavy atom. The normalized spacial score (nSPS) is 23.1. The van der Waals surface area contributed by atoms with Crippen LogP contribution in [0.15, 0.2) is 42.9 Å². The number of aliphatic hydroxyl groups is 1. The van der Waals surface area contributed by atoms with Crippen LogP contribution in [0.5, 0.6) is 5.75 Å². The van der Waals surface area contributed by atoms with E-state index in [9.17, 15) is 5.11 Å². The minimum atomic E-state index is -0.455. The molecule has 2 heterocycles. The van der Waals surface area contributed by atoms with E-state index in [1.807, 2.05) is 48.1 Å². The van der Waals surface area contributed by atoms with E-state index < -0.39 is 6.10 Å². The molecule has 2 aromatic rings.